The molecule has 3 aromatic rings. The topological polar surface area (TPSA) is 104 Å². The zero-order chi connectivity index (χ0) is 23.4. The maximum absolute atomic E-state index is 13.4. The van der Waals surface area contributed by atoms with Crippen molar-refractivity contribution in [3.63, 3.8) is 0 Å². The fourth-order valence-corrected chi connectivity index (χ4v) is 5.18. The van der Waals surface area contributed by atoms with E-state index in [1.807, 2.05) is 28.8 Å². The van der Waals surface area contributed by atoms with E-state index in [1.54, 1.807) is 6.20 Å². The van der Waals surface area contributed by atoms with Crippen LogP contribution in [0.15, 0.2) is 41.3 Å². The number of imidazole rings is 1. The Kier molecular flexibility index (Phi) is 7.28. The molecule has 0 radical (unpaired) electrons. The van der Waals surface area contributed by atoms with Gasteiger partial charge in [-0.1, -0.05) is 31.0 Å². The number of rotatable bonds is 9. The lowest BCUT2D eigenvalue weighted by molar-refractivity contribution is 0.101. The number of hydrogen-bond donors (Lipinski definition) is 3. The molecular formula is C26H36N6O. The van der Waals surface area contributed by atoms with Gasteiger partial charge < -0.3 is 15.3 Å². The Morgan fingerprint density at radius 3 is 2.61 bits per heavy atom. The van der Waals surface area contributed by atoms with Crippen molar-refractivity contribution >= 4 is 16.7 Å². The largest absolute Gasteiger partial charge is 0.381 e. The zero-order valence-corrected chi connectivity index (χ0v) is 19.8. The first-order chi connectivity index (χ1) is 15.9. The molecule has 7 nitrogen and oxygen atoms in total. The average molecular weight is 449 g/mol. The number of hydrogen-bond acceptors (Lipinski definition) is 4. The van der Waals surface area contributed by atoms with Gasteiger partial charge in [-0.15, -0.1) is 0 Å². The number of pyridine rings is 1. The molecule has 0 saturated carbocycles. The van der Waals surface area contributed by atoms with Crippen LogP contribution in [0.2, 0.25) is 0 Å². The lowest BCUT2D eigenvalue weighted by atomic mass is 9.97. The van der Waals surface area contributed by atoms with E-state index in [0.29, 0.717) is 24.3 Å². The lowest BCUT2D eigenvalue weighted by Crippen LogP contribution is -2.44. The summed E-state index contributed by atoms with van der Waals surface area (Å²) in [5.74, 6) is 0.231. The number of likely N-dealkylation sites (tertiary alicyclic amines) is 1. The molecule has 2 atom stereocenters. The predicted octanol–water partition coefficient (Wildman–Crippen LogP) is 4.03. The number of unbranched alkanes of at least 4 members (excludes halogenated alkanes) is 2. The summed E-state index contributed by atoms with van der Waals surface area (Å²) in [5.41, 5.74) is 8.05. The van der Waals surface area contributed by atoms with Crippen LogP contribution in [-0.4, -0.2) is 43.9 Å². The van der Waals surface area contributed by atoms with E-state index >= 15 is 0 Å². The molecule has 0 spiro atoms. The van der Waals surface area contributed by atoms with Gasteiger partial charge in [-0.2, -0.15) is 0 Å². The van der Waals surface area contributed by atoms with Crippen LogP contribution in [0.25, 0.3) is 10.9 Å². The molecule has 1 aliphatic heterocycles. The molecule has 1 aromatic carbocycles. The monoisotopic (exact) mass is 448 g/mol. The van der Waals surface area contributed by atoms with Crippen LogP contribution in [0, 0.1) is 5.41 Å². The second-order valence-electron chi connectivity index (χ2n) is 9.46. The Morgan fingerprint density at radius 2 is 1.88 bits per heavy atom. The molecule has 4 N–H and O–H groups in total. The number of benzene rings is 1. The summed E-state index contributed by atoms with van der Waals surface area (Å²) < 4.78 is 1.93. The minimum atomic E-state index is -0.106. The van der Waals surface area contributed by atoms with Crippen LogP contribution in [0.5, 0.6) is 0 Å². The van der Waals surface area contributed by atoms with Crippen molar-refractivity contribution in [2.75, 3.05) is 6.54 Å². The van der Waals surface area contributed by atoms with Gasteiger partial charge in [0.05, 0.1) is 5.52 Å². The molecular weight excluding hydrogens is 412 g/mol. The smallest absolute Gasteiger partial charge is 0.254 e. The molecule has 0 unspecified atom stereocenters. The van der Waals surface area contributed by atoms with E-state index in [2.05, 4.69) is 34.8 Å². The molecule has 2 aromatic heterocycles. The van der Waals surface area contributed by atoms with Crippen molar-refractivity contribution in [2.24, 2.45) is 5.73 Å². The number of nitrogens with zero attached hydrogens (tertiary/aromatic N) is 3. The number of nitrogens with one attached hydrogen (secondary N) is 2. The zero-order valence-electron chi connectivity index (χ0n) is 19.8. The number of aryl methyl sites for hydroxylation is 1. The first-order valence-electron chi connectivity index (χ1n) is 12.2. The number of amidine groups is 1. The SMILES string of the molecule is C[C@@H]1CCC[C@H](C)N1CCCCCn1c(=O)c(Cc2cnc(C(=N)N)[nH]2)cc2ccccc21. The van der Waals surface area contributed by atoms with Gasteiger partial charge in [-0.25, -0.2) is 4.98 Å². The van der Waals surface area contributed by atoms with E-state index in [1.165, 1.54) is 25.7 Å². The summed E-state index contributed by atoms with van der Waals surface area (Å²) in [6.07, 6.45) is 9.33. The van der Waals surface area contributed by atoms with E-state index < -0.39 is 0 Å². The van der Waals surface area contributed by atoms with Crippen LogP contribution in [-0.2, 0) is 13.0 Å². The Balaban J connectivity index is 1.45. The van der Waals surface area contributed by atoms with Crippen LogP contribution in [0.3, 0.4) is 0 Å². The second-order valence-corrected chi connectivity index (χ2v) is 9.46. The second kappa shape index (κ2) is 10.3. The van der Waals surface area contributed by atoms with Gasteiger partial charge in [0.15, 0.2) is 11.7 Å². The predicted molar refractivity (Wildman–Crippen MR) is 134 cm³/mol. The van der Waals surface area contributed by atoms with Crippen molar-refractivity contribution in [2.45, 2.75) is 77.4 Å². The highest BCUT2D eigenvalue weighted by Gasteiger charge is 2.23. The summed E-state index contributed by atoms with van der Waals surface area (Å²) in [6.45, 7) is 6.58. The number of para-hydroxylation sites is 1. The number of piperidine rings is 1. The lowest BCUT2D eigenvalue weighted by Gasteiger charge is -2.39. The number of H-pyrrole nitrogens is 1. The third-order valence-corrected chi connectivity index (χ3v) is 7.02. The minimum absolute atomic E-state index is 0.0472. The van der Waals surface area contributed by atoms with E-state index in [9.17, 15) is 4.79 Å². The number of nitrogens with two attached hydrogens (primary N) is 1. The van der Waals surface area contributed by atoms with Gasteiger partial charge in [-0.3, -0.25) is 15.1 Å². The highest BCUT2D eigenvalue weighted by atomic mass is 16.1. The fourth-order valence-electron chi connectivity index (χ4n) is 5.18. The van der Waals surface area contributed by atoms with Crippen LogP contribution in [0.1, 0.15) is 69.5 Å². The Bertz CT molecular complexity index is 1150. The molecule has 1 aliphatic rings. The first-order valence-corrected chi connectivity index (χ1v) is 12.2. The number of aromatic nitrogens is 3. The Morgan fingerprint density at radius 1 is 1.15 bits per heavy atom. The molecule has 3 heterocycles. The van der Waals surface area contributed by atoms with Gasteiger partial charge >= 0.3 is 0 Å². The summed E-state index contributed by atoms with van der Waals surface area (Å²) in [5, 5.41) is 8.59. The third-order valence-electron chi connectivity index (χ3n) is 7.02. The Labute approximate surface area is 195 Å². The Hall–Kier alpha value is -2.93. The maximum atomic E-state index is 13.4. The van der Waals surface area contributed by atoms with Gasteiger partial charge in [0.25, 0.3) is 5.56 Å². The highest BCUT2D eigenvalue weighted by molar-refractivity contribution is 5.91. The van der Waals surface area contributed by atoms with Gasteiger partial charge in [0, 0.05) is 42.5 Å². The molecule has 33 heavy (non-hydrogen) atoms. The van der Waals surface area contributed by atoms with E-state index in [0.717, 1.165) is 48.1 Å². The van der Waals surface area contributed by atoms with Crippen molar-refractivity contribution in [1.29, 1.82) is 5.41 Å². The first kappa shape index (κ1) is 23.2. The maximum Gasteiger partial charge on any atom is 0.254 e. The molecule has 1 fully saturated rings. The standard InChI is InChI=1S/C26H36N6O/c1-18-9-8-10-19(2)31(18)13-6-3-7-14-32-23-12-5-4-11-20(23)15-21(26(32)33)16-22-17-29-25(30-22)24(27)28/h4-5,11-12,15,17-19H,3,6-10,13-14,16H2,1-2H3,(H3,27,28)(H,29,30)/t18-,19+. The molecule has 4 rings (SSSR count). The van der Waals surface area contributed by atoms with Crippen molar-refractivity contribution in [3.8, 4) is 0 Å². The number of nitrogen functional groups attached to an aromatic ring is 1. The molecule has 0 amide bonds. The van der Waals surface area contributed by atoms with Crippen LogP contribution in [0.4, 0.5) is 0 Å². The molecule has 7 heteroatoms. The third kappa shape index (κ3) is 5.36. The molecule has 0 aliphatic carbocycles. The van der Waals surface area contributed by atoms with Gasteiger partial charge in [-0.05, 0) is 63.6 Å². The average Bonchev–Trinajstić information content (AvgIpc) is 3.26. The van der Waals surface area contributed by atoms with E-state index in [4.69, 9.17) is 11.1 Å². The molecule has 176 valence electrons. The van der Waals surface area contributed by atoms with Gasteiger partial charge in [0.2, 0.25) is 0 Å². The number of fused-ring (bicyclic) bond motifs is 1. The van der Waals surface area contributed by atoms with Gasteiger partial charge in [0.1, 0.15) is 0 Å². The van der Waals surface area contributed by atoms with Crippen LogP contribution >= 0.6 is 0 Å². The quantitative estimate of drug-likeness (QED) is 0.261. The highest BCUT2D eigenvalue weighted by Crippen LogP contribution is 2.23. The summed E-state index contributed by atoms with van der Waals surface area (Å²) >= 11 is 0. The summed E-state index contributed by atoms with van der Waals surface area (Å²) in [7, 11) is 0. The minimum Gasteiger partial charge on any atom is -0.381 e. The van der Waals surface area contributed by atoms with Crippen molar-refractivity contribution < 1.29 is 0 Å². The van der Waals surface area contributed by atoms with Crippen molar-refractivity contribution in [3.05, 3.63) is 64.0 Å². The summed E-state index contributed by atoms with van der Waals surface area (Å²) in [4.78, 5) is 23.2. The summed E-state index contributed by atoms with van der Waals surface area (Å²) in [6, 6.07) is 11.4. The molecule has 1 saturated heterocycles. The fraction of sp³-hybridized carbons (Fsp3) is 0.500. The molecule has 0 bridgehead atoms. The number of aromatic amines is 1. The van der Waals surface area contributed by atoms with Crippen LogP contribution < -0.4 is 11.3 Å². The van der Waals surface area contributed by atoms with Crippen molar-refractivity contribution in [1.82, 2.24) is 19.4 Å². The normalized spacial score (nSPS) is 19.2. The van der Waals surface area contributed by atoms with E-state index in [-0.39, 0.29) is 11.4 Å².